The fourth-order valence-electron chi connectivity index (χ4n) is 4.24. The quantitative estimate of drug-likeness (QED) is 0.769. The number of halogens is 1. The number of amides is 1. The van der Waals surface area contributed by atoms with Crippen LogP contribution in [0.25, 0.3) is 0 Å². The summed E-state index contributed by atoms with van der Waals surface area (Å²) >= 11 is 6.39. The molecule has 1 saturated heterocycles. The first-order chi connectivity index (χ1) is 11.7. The molecule has 0 bridgehead atoms. The van der Waals surface area contributed by atoms with Gasteiger partial charge in [-0.25, -0.2) is 0 Å². The summed E-state index contributed by atoms with van der Waals surface area (Å²) < 4.78 is 0. The van der Waals surface area contributed by atoms with Crippen molar-refractivity contribution < 1.29 is 4.79 Å². The molecular formula is C21H22ClNO. The van der Waals surface area contributed by atoms with Crippen LogP contribution in [0.5, 0.6) is 0 Å². The molecule has 124 valence electrons. The second-order valence-electron chi connectivity index (χ2n) is 6.92. The Hall–Kier alpha value is -1.80. The fourth-order valence-corrected chi connectivity index (χ4v) is 4.50. The maximum atomic E-state index is 13.2. The normalized spacial score (nSPS) is 23.1. The third-order valence-electron chi connectivity index (χ3n) is 5.50. The largest absolute Gasteiger partial charge is 0.335 e. The Balaban J connectivity index is 1.55. The Morgan fingerprint density at radius 1 is 1.00 bits per heavy atom. The molecule has 2 atom stereocenters. The highest BCUT2D eigenvalue weighted by atomic mass is 35.5. The maximum Gasteiger partial charge on any atom is 0.226 e. The van der Waals surface area contributed by atoms with Crippen molar-refractivity contribution in [3.63, 3.8) is 0 Å². The van der Waals surface area contributed by atoms with Crippen LogP contribution in [0.1, 0.15) is 42.0 Å². The molecule has 2 aromatic rings. The molecule has 1 heterocycles. The summed E-state index contributed by atoms with van der Waals surface area (Å²) in [7, 11) is 0. The van der Waals surface area contributed by atoms with Crippen LogP contribution in [0.2, 0.25) is 5.02 Å². The lowest BCUT2D eigenvalue weighted by atomic mass is 9.83. The van der Waals surface area contributed by atoms with Gasteiger partial charge in [0.1, 0.15) is 0 Å². The number of carbonyl (C=O) groups is 1. The standard InChI is InChI=1S/C21H22ClNO/c22-19-9-4-3-8-18(19)20-10-5-13-23(20)21(24)17-12-11-15-6-1-2-7-16(15)14-17/h1-4,6-9,17,20H,5,10-14H2/t17?,20-/m1/s1. The zero-order valence-corrected chi connectivity index (χ0v) is 14.5. The first kappa shape index (κ1) is 15.7. The Bertz CT molecular complexity index is 757. The highest BCUT2D eigenvalue weighted by Gasteiger charge is 2.35. The van der Waals surface area contributed by atoms with Gasteiger partial charge >= 0.3 is 0 Å². The van der Waals surface area contributed by atoms with E-state index in [-0.39, 0.29) is 12.0 Å². The Morgan fingerprint density at radius 2 is 1.75 bits per heavy atom. The van der Waals surface area contributed by atoms with Crippen LogP contribution < -0.4 is 0 Å². The van der Waals surface area contributed by atoms with Gasteiger partial charge < -0.3 is 4.90 Å². The van der Waals surface area contributed by atoms with Gasteiger partial charge in [-0.05, 0) is 54.9 Å². The number of aryl methyl sites for hydroxylation is 1. The summed E-state index contributed by atoms with van der Waals surface area (Å²) in [5, 5.41) is 0.774. The SMILES string of the molecule is O=C(C1CCc2ccccc2C1)N1CCC[C@@H]1c1ccccc1Cl. The zero-order valence-electron chi connectivity index (χ0n) is 13.7. The van der Waals surface area contributed by atoms with E-state index in [9.17, 15) is 4.79 Å². The van der Waals surface area contributed by atoms with Crippen molar-refractivity contribution in [2.45, 2.75) is 38.1 Å². The number of nitrogens with zero attached hydrogens (tertiary/aromatic N) is 1. The summed E-state index contributed by atoms with van der Waals surface area (Å²) in [6, 6.07) is 16.6. The average molecular weight is 340 g/mol. The van der Waals surface area contributed by atoms with Crippen molar-refractivity contribution in [2.24, 2.45) is 5.92 Å². The molecule has 0 radical (unpaired) electrons. The van der Waals surface area contributed by atoms with Crippen molar-refractivity contribution in [1.29, 1.82) is 0 Å². The minimum absolute atomic E-state index is 0.114. The number of hydrogen-bond donors (Lipinski definition) is 0. The van der Waals surface area contributed by atoms with E-state index in [1.54, 1.807) is 0 Å². The monoisotopic (exact) mass is 339 g/mol. The molecule has 3 heteroatoms. The molecule has 0 spiro atoms. The molecule has 1 amide bonds. The number of likely N-dealkylation sites (tertiary alicyclic amines) is 1. The van der Waals surface area contributed by atoms with Gasteiger partial charge in [0.05, 0.1) is 6.04 Å². The summed E-state index contributed by atoms with van der Waals surface area (Å²) in [5.74, 6) is 0.426. The highest BCUT2D eigenvalue weighted by molar-refractivity contribution is 6.31. The van der Waals surface area contributed by atoms with Gasteiger partial charge in [-0.15, -0.1) is 0 Å². The highest BCUT2D eigenvalue weighted by Crippen LogP contribution is 2.38. The van der Waals surface area contributed by atoms with Crippen LogP contribution in [-0.2, 0) is 17.6 Å². The van der Waals surface area contributed by atoms with E-state index in [1.165, 1.54) is 11.1 Å². The Labute approximate surface area is 148 Å². The van der Waals surface area contributed by atoms with Gasteiger partial charge in [0.15, 0.2) is 0 Å². The third kappa shape index (κ3) is 2.84. The predicted molar refractivity (Wildman–Crippen MR) is 97.1 cm³/mol. The van der Waals surface area contributed by atoms with Crippen LogP contribution >= 0.6 is 11.6 Å². The maximum absolute atomic E-state index is 13.2. The van der Waals surface area contributed by atoms with Crippen molar-refractivity contribution in [1.82, 2.24) is 4.90 Å². The molecule has 1 aliphatic heterocycles. The van der Waals surface area contributed by atoms with Gasteiger partial charge in [-0.3, -0.25) is 4.79 Å². The molecule has 4 rings (SSSR count). The Kier molecular flexibility index (Phi) is 4.32. The molecule has 1 aliphatic carbocycles. The smallest absolute Gasteiger partial charge is 0.226 e. The van der Waals surface area contributed by atoms with Crippen LogP contribution in [0, 0.1) is 5.92 Å². The van der Waals surface area contributed by atoms with E-state index >= 15 is 0 Å². The minimum Gasteiger partial charge on any atom is -0.335 e. The average Bonchev–Trinajstić information content (AvgIpc) is 3.10. The number of rotatable bonds is 2. The minimum atomic E-state index is 0.114. The summed E-state index contributed by atoms with van der Waals surface area (Å²) in [6.45, 7) is 0.854. The van der Waals surface area contributed by atoms with Crippen molar-refractivity contribution in [3.8, 4) is 0 Å². The van der Waals surface area contributed by atoms with Crippen LogP contribution in [0.4, 0.5) is 0 Å². The lowest BCUT2D eigenvalue weighted by molar-refractivity contribution is -0.136. The fraction of sp³-hybridized carbons (Fsp3) is 0.381. The summed E-state index contributed by atoms with van der Waals surface area (Å²) in [5.41, 5.74) is 3.85. The molecule has 2 aliphatic rings. The lowest BCUT2D eigenvalue weighted by Gasteiger charge is -2.32. The van der Waals surface area contributed by atoms with Crippen LogP contribution in [0.3, 0.4) is 0 Å². The molecule has 2 aromatic carbocycles. The van der Waals surface area contributed by atoms with Gasteiger partial charge in [-0.1, -0.05) is 54.1 Å². The zero-order chi connectivity index (χ0) is 16.5. The molecule has 0 aromatic heterocycles. The second-order valence-corrected chi connectivity index (χ2v) is 7.33. The van der Waals surface area contributed by atoms with E-state index in [1.807, 2.05) is 18.2 Å². The van der Waals surface area contributed by atoms with Gasteiger partial charge in [-0.2, -0.15) is 0 Å². The van der Waals surface area contributed by atoms with Crippen molar-refractivity contribution in [2.75, 3.05) is 6.54 Å². The summed E-state index contributed by atoms with van der Waals surface area (Å²) in [4.78, 5) is 15.3. The predicted octanol–water partition coefficient (Wildman–Crippen LogP) is 4.81. The molecule has 0 saturated carbocycles. The molecular weight excluding hydrogens is 318 g/mol. The topological polar surface area (TPSA) is 20.3 Å². The van der Waals surface area contributed by atoms with Crippen LogP contribution in [-0.4, -0.2) is 17.4 Å². The Morgan fingerprint density at radius 3 is 2.58 bits per heavy atom. The summed E-state index contributed by atoms with van der Waals surface area (Å²) in [6.07, 6.45) is 4.92. The third-order valence-corrected chi connectivity index (χ3v) is 5.84. The van der Waals surface area contributed by atoms with Gasteiger partial charge in [0, 0.05) is 17.5 Å². The first-order valence-corrected chi connectivity index (χ1v) is 9.23. The first-order valence-electron chi connectivity index (χ1n) is 8.86. The number of benzene rings is 2. The molecule has 2 nitrogen and oxygen atoms in total. The second kappa shape index (κ2) is 6.60. The lowest BCUT2D eigenvalue weighted by Crippen LogP contribution is -2.38. The van der Waals surface area contributed by atoms with Gasteiger partial charge in [0.25, 0.3) is 0 Å². The number of hydrogen-bond acceptors (Lipinski definition) is 1. The molecule has 1 unspecified atom stereocenters. The van der Waals surface area contributed by atoms with E-state index in [4.69, 9.17) is 11.6 Å². The van der Waals surface area contributed by atoms with E-state index in [0.29, 0.717) is 5.91 Å². The van der Waals surface area contributed by atoms with Crippen molar-refractivity contribution in [3.05, 3.63) is 70.2 Å². The van der Waals surface area contributed by atoms with E-state index in [0.717, 1.165) is 49.2 Å². The number of carbonyl (C=O) groups excluding carboxylic acids is 1. The van der Waals surface area contributed by atoms with Crippen molar-refractivity contribution >= 4 is 17.5 Å². The molecule has 1 fully saturated rings. The molecule has 24 heavy (non-hydrogen) atoms. The van der Waals surface area contributed by atoms with E-state index in [2.05, 4.69) is 35.2 Å². The molecule has 0 N–H and O–H groups in total. The number of fused-ring (bicyclic) bond motifs is 1. The van der Waals surface area contributed by atoms with E-state index < -0.39 is 0 Å². The van der Waals surface area contributed by atoms with Crippen LogP contribution in [0.15, 0.2) is 48.5 Å². The van der Waals surface area contributed by atoms with Gasteiger partial charge in [0.2, 0.25) is 5.91 Å².